The molecule has 0 aromatic heterocycles. The van der Waals surface area contributed by atoms with Crippen LogP contribution in [0.1, 0.15) is 10.4 Å². The largest absolute Gasteiger partial charge is 0.478 e. The molecule has 0 spiro atoms. The Morgan fingerprint density at radius 2 is 2.06 bits per heavy atom. The summed E-state index contributed by atoms with van der Waals surface area (Å²) < 4.78 is 0. The lowest BCUT2D eigenvalue weighted by Crippen LogP contribution is -2.18. The third kappa shape index (κ3) is 2.65. The second kappa shape index (κ2) is 4.58. The van der Waals surface area contributed by atoms with Crippen molar-refractivity contribution < 1.29 is 14.7 Å². The third-order valence-electron chi connectivity index (χ3n) is 2.24. The fourth-order valence-electron chi connectivity index (χ4n) is 1.37. The van der Waals surface area contributed by atoms with Gasteiger partial charge in [-0.2, -0.15) is 0 Å². The number of hydrogen-bond acceptors (Lipinski definition) is 4. The van der Waals surface area contributed by atoms with Crippen LogP contribution >= 0.6 is 11.8 Å². The van der Waals surface area contributed by atoms with E-state index in [1.54, 1.807) is 24.1 Å². The van der Waals surface area contributed by atoms with Gasteiger partial charge in [-0.15, -0.1) is 0 Å². The number of amidine groups is 1. The quantitative estimate of drug-likeness (QED) is 0.862. The molecule has 1 saturated heterocycles. The van der Waals surface area contributed by atoms with Crippen LogP contribution in [-0.2, 0) is 4.79 Å². The predicted octanol–water partition coefficient (Wildman–Crippen LogP) is 1.58. The average molecular weight is 250 g/mol. The molecular weight excluding hydrogens is 240 g/mol. The van der Waals surface area contributed by atoms with E-state index in [0.717, 1.165) is 11.8 Å². The molecule has 5 nitrogen and oxygen atoms in total. The molecule has 1 N–H and O–H groups in total. The SMILES string of the molecule is CN1CC(=O)SC1=Nc1ccc(C(=O)O)cc1. The Morgan fingerprint density at radius 3 is 2.53 bits per heavy atom. The van der Waals surface area contributed by atoms with Crippen LogP contribution in [0.15, 0.2) is 29.3 Å². The molecule has 0 aliphatic carbocycles. The lowest BCUT2D eigenvalue weighted by Gasteiger charge is -2.08. The van der Waals surface area contributed by atoms with Crippen LogP contribution in [0.4, 0.5) is 5.69 Å². The van der Waals surface area contributed by atoms with Crippen molar-refractivity contribution >= 4 is 33.7 Å². The molecular formula is C11H10N2O3S. The van der Waals surface area contributed by atoms with Gasteiger partial charge in [0.1, 0.15) is 0 Å². The Kier molecular flexibility index (Phi) is 3.14. The molecule has 0 bridgehead atoms. The monoisotopic (exact) mass is 250 g/mol. The fraction of sp³-hybridized carbons (Fsp3) is 0.182. The molecule has 1 fully saturated rings. The van der Waals surface area contributed by atoms with Crippen LogP contribution in [0.25, 0.3) is 0 Å². The Labute approximate surface area is 102 Å². The molecule has 0 atom stereocenters. The number of carboxylic acid groups (broad SMARTS) is 1. The van der Waals surface area contributed by atoms with Crippen molar-refractivity contribution in [3.63, 3.8) is 0 Å². The fourth-order valence-corrected chi connectivity index (χ4v) is 2.20. The molecule has 1 aliphatic heterocycles. The Morgan fingerprint density at radius 1 is 1.41 bits per heavy atom. The highest BCUT2D eigenvalue weighted by Crippen LogP contribution is 2.22. The number of aliphatic imine (C=N–C) groups is 1. The van der Waals surface area contributed by atoms with Crippen molar-refractivity contribution in [3.05, 3.63) is 29.8 Å². The van der Waals surface area contributed by atoms with Gasteiger partial charge in [-0.3, -0.25) is 4.79 Å². The van der Waals surface area contributed by atoms with Gasteiger partial charge in [0, 0.05) is 7.05 Å². The number of thioether (sulfide) groups is 1. The summed E-state index contributed by atoms with van der Waals surface area (Å²) in [6.45, 7) is 0.358. The van der Waals surface area contributed by atoms with E-state index in [-0.39, 0.29) is 10.7 Å². The highest BCUT2D eigenvalue weighted by atomic mass is 32.2. The normalized spacial score (nSPS) is 17.8. The molecule has 0 amide bonds. The van der Waals surface area contributed by atoms with Gasteiger partial charge in [0.2, 0.25) is 5.12 Å². The summed E-state index contributed by atoms with van der Waals surface area (Å²) in [5.41, 5.74) is 0.858. The molecule has 2 rings (SSSR count). The highest BCUT2D eigenvalue weighted by molar-refractivity contribution is 8.26. The maximum Gasteiger partial charge on any atom is 0.335 e. The van der Waals surface area contributed by atoms with Crippen LogP contribution in [0.5, 0.6) is 0 Å². The zero-order valence-electron chi connectivity index (χ0n) is 9.08. The van der Waals surface area contributed by atoms with Gasteiger partial charge in [0.25, 0.3) is 0 Å². The minimum atomic E-state index is -0.966. The van der Waals surface area contributed by atoms with Crippen molar-refractivity contribution in [2.24, 2.45) is 4.99 Å². The number of carbonyl (C=O) groups is 2. The molecule has 0 saturated carbocycles. The molecule has 1 heterocycles. The maximum atomic E-state index is 11.2. The van der Waals surface area contributed by atoms with Crippen molar-refractivity contribution in [3.8, 4) is 0 Å². The molecule has 1 aliphatic rings. The van der Waals surface area contributed by atoms with Gasteiger partial charge >= 0.3 is 5.97 Å². The number of aromatic carboxylic acids is 1. The summed E-state index contributed by atoms with van der Waals surface area (Å²) in [6.07, 6.45) is 0. The Hall–Kier alpha value is -1.82. The standard InChI is InChI=1S/C11H10N2O3S/c1-13-6-9(14)17-11(13)12-8-4-2-7(3-5-8)10(15)16/h2-5H,6H2,1H3,(H,15,16). The molecule has 0 radical (unpaired) electrons. The smallest absolute Gasteiger partial charge is 0.335 e. The minimum absolute atomic E-state index is 0.0633. The molecule has 6 heteroatoms. The van der Waals surface area contributed by atoms with Gasteiger partial charge in [-0.25, -0.2) is 9.79 Å². The summed E-state index contributed by atoms with van der Waals surface area (Å²) in [5.74, 6) is -0.966. The number of benzene rings is 1. The van der Waals surface area contributed by atoms with Gasteiger partial charge < -0.3 is 10.0 Å². The van der Waals surface area contributed by atoms with Crippen molar-refractivity contribution in [2.75, 3.05) is 13.6 Å². The van der Waals surface area contributed by atoms with Gasteiger partial charge in [0.15, 0.2) is 5.17 Å². The topological polar surface area (TPSA) is 70.0 Å². The third-order valence-corrected chi connectivity index (χ3v) is 3.18. The molecule has 1 aromatic carbocycles. The second-order valence-electron chi connectivity index (χ2n) is 3.58. The molecule has 88 valence electrons. The first-order valence-electron chi connectivity index (χ1n) is 4.90. The van der Waals surface area contributed by atoms with E-state index in [4.69, 9.17) is 5.11 Å². The van der Waals surface area contributed by atoms with Gasteiger partial charge in [-0.05, 0) is 36.0 Å². The van der Waals surface area contributed by atoms with E-state index < -0.39 is 5.97 Å². The van der Waals surface area contributed by atoms with Crippen molar-refractivity contribution in [2.45, 2.75) is 0 Å². The van der Waals surface area contributed by atoms with E-state index in [2.05, 4.69) is 4.99 Å². The van der Waals surface area contributed by atoms with E-state index in [1.165, 1.54) is 12.1 Å². The van der Waals surface area contributed by atoms with E-state index in [0.29, 0.717) is 17.4 Å². The first-order chi connectivity index (χ1) is 8.06. The van der Waals surface area contributed by atoms with E-state index in [9.17, 15) is 9.59 Å². The van der Waals surface area contributed by atoms with Crippen LogP contribution in [0.3, 0.4) is 0 Å². The summed E-state index contributed by atoms with van der Waals surface area (Å²) in [6, 6.07) is 6.22. The van der Waals surface area contributed by atoms with E-state index in [1.807, 2.05) is 0 Å². The number of likely N-dealkylation sites (N-methyl/N-ethyl adjacent to an activating group) is 1. The van der Waals surface area contributed by atoms with Crippen LogP contribution in [0, 0.1) is 0 Å². The Bertz CT molecular complexity index is 496. The van der Waals surface area contributed by atoms with Gasteiger partial charge in [-0.1, -0.05) is 0 Å². The summed E-state index contributed by atoms with van der Waals surface area (Å²) in [4.78, 5) is 27.9. The van der Waals surface area contributed by atoms with Crippen LogP contribution in [-0.4, -0.2) is 39.9 Å². The van der Waals surface area contributed by atoms with Crippen molar-refractivity contribution in [1.29, 1.82) is 0 Å². The number of nitrogens with zero attached hydrogens (tertiary/aromatic N) is 2. The van der Waals surface area contributed by atoms with Crippen molar-refractivity contribution in [1.82, 2.24) is 4.90 Å². The Balaban J connectivity index is 2.21. The predicted molar refractivity (Wildman–Crippen MR) is 65.7 cm³/mol. The summed E-state index contributed by atoms with van der Waals surface area (Å²) >= 11 is 1.10. The molecule has 17 heavy (non-hydrogen) atoms. The maximum absolute atomic E-state index is 11.2. The van der Waals surface area contributed by atoms with E-state index >= 15 is 0 Å². The lowest BCUT2D eigenvalue weighted by atomic mass is 10.2. The number of rotatable bonds is 2. The zero-order valence-corrected chi connectivity index (χ0v) is 9.90. The number of carbonyl (C=O) groups excluding carboxylic acids is 1. The minimum Gasteiger partial charge on any atom is -0.478 e. The average Bonchev–Trinajstić information content (AvgIpc) is 2.58. The zero-order chi connectivity index (χ0) is 12.4. The summed E-state index contributed by atoms with van der Waals surface area (Å²) in [7, 11) is 1.79. The van der Waals surface area contributed by atoms with Crippen LogP contribution < -0.4 is 0 Å². The van der Waals surface area contributed by atoms with Gasteiger partial charge in [0.05, 0.1) is 17.8 Å². The van der Waals surface area contributed by atoms with Crippen LogP contribution in [0.2, 0.25) is 0 Å². The molecule has 0 unspecified atom stereocenters. The lowest BCUT2D eigenvalue weighted by molar-refractivity contribution is -0.110. The summed E-state index contributed by atoms with van der Waals surface area (Å²) in [5, 5.41) is 9.44. The first kappa shape index (κ1) is 11.7. The first-order valence-corrected chi connectivity index (χ1v) is 5.72. The highest BCUT2D eigenvalue weighted by Gasteiger charge is 2.23. The number of carboxylic acids is 1. The second-order valence-corrected chi connectivity index (χ2v) is 4.60. The molecule has 1 aromatic rings. The number of hydrogen-bond donors (Lipinski definition) is 1.